The number of nitrogens with one attached hydrogen (secondary N) is 7. The number of rotatable bonds is 26. The van der Waals surface area contributed by atoms with Gasteiger partial charge in [0.05, 0.1) is 18.8 Å². The Balaban J connectivity index is 0.00000314. The molecule has 1 aromatic heterocycles. The molecule has 0 spiro atoms. The van der Waals surface area contributed by atoms with Crippen LogP contribution in [0.5, 0.6) is 5.75 Å². The van der Waals surface area contributed by atoms with E-state index in [1.807, 2.05) is 0 Å². The van der Waals surface area contributed by atoms with E-state index in [0.29, 0.717) is 17.7 Å². The molecule has 1 aromatic carbocycles. The van der Waals surface area contributed by atoms with Crippen molar-refractivity contribution >= 4 is 59.3 Å². The number of aromatic nitrogens is 2. The van der Waals surface area contributed by atoms with E-state index in [0.717, 1.165) is 0 Å². The van der Waals surface area contributed by atoms with Gasteiger partial charge >= 0.3 is 24.1 Å². The molecule has 6 amide bonds. The number of nitrogens with two attached hydrogens (primary N) is 3. The summed E-state index contributed by atoms with van der Waals surface area (Å²) in [6, 6.07) is -3.61. The van der Waals surface area contributed by atoms with Gasteiger partial charge in [-0.25, -0.2) is 9.78 Å². The minimum absolute atomic E-state index is 0.0471. The molecule has 2 rings (SSSR count). The summed E-state index contributed by atoms with van der Waals surface area (Å²) in [7, 11) is 0. The number of guanidine groups is 1. The highest BCUT2D eigenvalue weighted by atomic mass is 19.4. The number of aliphatic carboxylic acids is 3. The van der Waals surface area contributed by atoms with Crippen molar-refractivity contribution in [1.29, 1.82) is 0 Å². The molecule has 0 fully saturated rings. The molecule has 0 aliphatic carbocycles. The zero-order valence-corrected chi connectivity index (χ0v) is 38.3. The Bertz CT molecular complexity index is 2090. The number of alkyl halides is 3. The highest BCUT2D eigenvalue weighted by Crippen LogP contribution is 2.16. The number of carboxylic acids is 3. The van der Waals surface area contributed by atoms with E-state index in [2.05, 4.69) is 46.9 Å². The SMILES string of the molecule is CCC(C)C(NC(=O)C(Cc1ccc(O)cc1)NC(=O)C(NC(=O)C(CCCN=C(N)N)NC(=O)C(N)CC(=O)O)C(C)C)C(=O)NC(Cc1cnc[nH]1)C(=O)NC(C)C(=O)O.O=C(O)C(F)(F)F. The Morgan fingerprint density at radius 2 is 1.25 bits per heavy atom. The molecular formula is C41H61F3N12O13. The number of H-pyrrole nitrogens is 1. The first-order valence-corrected chi connectivity index (χ1v) is 21.2. The van der Waals surface area contributed by atoms with Crippen molar-refractivity contribution in [3.05, 3.63) is 48.0 Å². The number of phenolic OH excluding ortho intramolecular Hbond substituents is 1. The summed E-state index contributed by atoms with van der Waals surface area (Å²) in [5.74, 6) is -11.8. The standard InChI is InChI=1S/C39H60N12O11.C2HF3O2/c1-6-20(4)31(37(60)49-28(15-23-17-43-18-45-23)34(57)46-21(5)38(61)62)51-35(58)27(14-22-9-11-24(52)12-10-22)48-36(59)30(19(2)3)50-33(56)26(8-7-13-44-39(41)42)47-32(55)25(40)16-29(53)54;3-2(4,5)1(6)7/h9-12,17-21,25-28,30-31,52H,6-8,13-16,40H2,1-5H3,(H,43,45)(H,46,57)(H,47,55)(H,48,59)(H,49,60)(H,50,56)(H,51,58)(H,53,54)(H,61,62)(H4,41,42,44);(H,6,7). The van der Waals surface area contributed by atoms with E-state index in [-0.39, 0.29) is 43.9 Å². The van der Waals surface area contributed by atoms with E-state index in [1.54, 1.807) is 27.7 Å². The third-order valence-corrected chi connectivity index (χ3v) is 9.94. The van der Waals surface area contributed by atoms with Crippen molar-refractivity contribution < 1.29 is 76.7 Å². The molecule has 8 atom stereocenters. The van der Waals surface area contributed by atoms with Crippen LogP contribution in [0.3, 0.4) is 0 Å². The zero-order valence-electron chi connectivity index (χ0n) is 38.3. The minimum atomic E-state index is -5.08. The predicted molar refractivity (Wildman–Crippen MR) is 237 cm³/mol. The lowest BCUT2D eigenvalue weighted by Crippen LogP contribution is -2.61. The van der Waals surface area contributed by atoms with Crippen LogP contribution in [0.4, 0.5) is 13.2 Å². The topological polar surface area (TPSA) is 426 Å². The molecule has 28 heteroatoms. The van der Waals surface area contributed by atoms with Gasteiger partial charge in [-0.05, 0) is 49.3 Å². The molecule has 0 radical (unpaired) electrons. The monoisotopic (exact) mass is 986 g/mol. The average Bonchev–Trinajstić information content (AvgIpc) is 3.77. The lowest BCUT2D eigenvalue weighted by molar-refractivity contribution is -0.192. The molecule has 0 saturated heterocycles. The van der Waals surface area contributed by atoms with Gasteiger partial charge in [0.1, 0.15) is 42.0 Å². The smallest absolute Gasteiger partial charge is 0.490 e. The number of amides is 6. The number of aromatic amines is 1. The van der Waals surface area contributed by atoms with Crippen LogP contribution in [0.2, 0.25) is 0 Å². The number of hydrogen-bond donors (Lipinski definition) is 14. The lowest BCUT2D eigenvalue weighted by atomic mass is 9.96. The van der Waals surface area contributed by atoms with Crippen LogP contribution < -0.4 is 49.1 Å². The Morgan fingerprint density at radius 1 is 0.739 bits per heavy atom. The molecule has 2 aromatic rings. The molecule has 384 valence electrons. The molecule has 0 saturated carbocycles. The predicted octanol–water partition coefficient (Wildman–Crippen LogP) is -1.90. The zero-order chi connectivity index (χ0) is 52.8. The Morgan fingerprint density at radius 3 is 1.72 bits per heavy atom. The highest BCUT2D eigenvalue weighted by molar-refractivity contribution is 5.97. The number of hydrogen-bond acceptors (Lipinski definition) is 13. The summed E-state index contributed by atoms with van der Waals surface area (Å²) in [5, 5.41) is 50.8. The summed E-state index contributed by atoms with van der Waals surface area (Å²) >= 11 is 0. The minimum Gasteiger partial charge on any atom is -0.508 e. The van der Waals surface area contributed by atoms with Crippen LogP contribution in [0.1, 0.15) is 71.6 Å². The number of aromatic hydroxyl groups is 1. The molecule has 0 bridgehead atoms. The number of benzene rings is 1. The lowest BCUT2D eigenvalue weighted by Gasteiger charge is -2.30. The number of carboxylic acid groups (broad SMARTS) is 3. The number of nitrogens with zero attached hydrogens (tertiary/aromatic N) is 2. The van der Waals surface area contributed by atoms with Gasteiger partial charge in [-0.2, -0.15) is 13.2 Å². The number of carbonyl (C=O) groups excluding carboxylic acids is 6. The van der Waals surface area contributed by atoms with Crippen LogP contribution in [-0.2, 0) is 56.0 Å². The van der Waals surface area contributed by atoms with Crippen molar-refractivity contribution in [2.24, 2.45) is 34.0 Å². The van der Waals surface area contributed by atoms with Crippen molar-refractivity contribution in [3.63, 3.8) is 0 Å². The van der Waals surface area contributed by atoms with Gasteiger partial charge < -0.3 is 74.5 Å². The number of imidazole rings is 1. The van der Waals surface area contributed by atoms with Gasteiger partial charge in [0, 0.05) is 31.3 Å². The fraction of sp³-hybridized carbons (Fsp3) is 0.537. The summed E-state index contributed by atoms with van der Waals surface area (Å²) in [4.78, 5) is 124. The number of phenols is 1. The Kier molecular flexibility index (Phi) is 24.7. The maximum atomic E-state index is 14.2. The first-order chi connectivity index (χ1) is 32.1. The fourth-order valence-corrected chi connectivity index (χ4v) is 5.88. The van der Waals surface area contributed by atoms with Crippen molar-refractivity contribution in [2.75, 3.05) is 6.54 Å². The molecular weight excluding hydrogens is 926 g/mol. The second-order valence-electron chi connectivity index (χ2n) is 16.0. The molecule has 25 nitrogen and oxygen atoms in total. The summed E-state index contributed by atoms with van der Waals surface area (Å²) < 4.78 is 31.7. The van der Waals surface area contributed by atoms with E-state index in [9.17, 15) is 61.7 Å². The molecule has 0 aliphatic rings. The van der Waals surface area contributed by atoms with Gasteiger partial charge in [0.15, 0.2) is 5.96 Å². The van der Waals surface area contributed by atoms with Crippen molar-refractivity contribution in [3.8, 4) is 5.75 Å². The van der Waals surface area contributed by atoms with Gasteiger partial charge in [-0.15, -0.1) is 0 Å². The van der Waals surface area contributed by atoms with Crippen LogP contribution in [0.15, 0.2) is 41.8 Å². The number of carbonyl (C=O) groups is 9. The van der Waals surface area contributed by atoms with E-state index < -0.39 is 120 Å². The molecule has 17 N–H and O–H groups in total. The molecule has 8 unspecified atom stereocenters. The van der Waals surface area contributed by atoms with Gasteiger partial charge in [-0.1, -0.05) is 46.2 Å². The van der Waals surface area contributed by atoms with Crippen LogP contribution in [-0.4, -0.2) is 145 Å². The summed E-state index contributed by atoms with van der Waals surface area (Å²) in [5.41, 5.74) is 17.4. The fourth-order valence-electron chi connectivity index (χ4n) is 5.88. The molecule has 0 aliphatic heterocycles. The van der Waals surface area contributed by atoms with Gasteiger partial charge in [0.25, 0.3) is 0 Å². The average molecular weight is 987 g/mol. The Hall–Kier alpha value is -7.52. The normalized spacial score (nSPS) is 14.5. The third kappa shape index (κ3) is 22.2. The first-order valence-electron chi connectivity index (χ1n) is 21.2. The quantitative estimate of drug-likeness (QED) is 0.0278. The van der Waals surface area contributed by atoms with Gasteiger partial charge in [0.2, 0.25) is 35.4 Å². The molecule has 69 heavy (non-hydrogen) atoms. The van der Waals surface area contributed by atoms with E-state index >= 15 is 0 Å². The van der Waals surface area contributed by atoms with Crippen LogP contribution in [0.25, 0.3) is 0 Å². The van der Waals surface area contributed by atoms with Gasteiger partial charge in [-0.3, -0.25) is 43.3 Å². The first kappa shape index (κ1) is 59.5. The maximum absolute atomic E-state index is 14.2. The summed E-state index contributed by atoms with van der Waals surface area (Å²) in [6.07, 6.45) is -2.78. The van der Waals surface area contributed by atoms with E-state index in [4.69, 9.17) is 32.2 Å². The summed E-state index contributed by atoms with van der Waals surface area (Å²) in [6.45, 7) is 8.01. The maximum Gasteiger partial charge on any atom is 0.490 e. The number of aliphatic imine (C=N–C) groups is 1. The third-order valence-electron chi connectivity index (χ3n) is 9.94. The van der Waals surface area contributed by atoms with Crippen molar-refractivity contribution in [2.45, 2.75) is 122 Å². The highest BCUT2D eigenvalue weighted by Gasteiger charge is 2.39. The second kappa shape index (κ2) is 28.6. The van der Waals surface area contributed by atoms with Crippen LogP contribution >= 0.6 is 0 Å². The number of halogens is 3. The second-order valence-corrected chi connectivity index (χ2v) is 16.0. The molecule has 1 heterocycles. The largest absolute Gasteiger partial charge is 0.508 e. The van der Waals surface area contributed by atoms with E-state index in [1.165, 1.54) is 43.7 Å². The van der Waals surface area contributed by atoms with Crippen molar-refractivity contribution in [1.82, 2.24) is 41.9 Å². The van der Waals surface area contributed by atoms with Crippen LogP contribution in [0, 0.1) is 11.8 Å². The Labute approximate surface area is 393 Å².